The van der Waals surface area contributed by atoms with Crippen molar-refractivity contribution in [1.82, 2.24) is 24.8 Å². The van der Waals surface area contributed by atoms with Crippen LogP contribution in [-0.4, -0.2) is 70.3 Å². The van der Waals surface area contributed by atoms with Gasteiger partial charge in [-0.05, 0) is 79.1 Å². The molecule has 0 radical (unpaired) electrons. The van der Waals surface area contributed by atoms with Crippen molar-refractivity contribution < 1.29 is 4.74 Å². The summed E-state index contributed by atoms with van der Waals surface area (Å²) in [6, 6.07) is 14.1. The fourth-order valence-corrected chi connectivity index (χ4v) is 6.97. The molecule has 0 spiro atoms. The summed E-state index contributed by atoms with van der Waals surface area (Å²) >= 11 is 0. The molecule has 206 valence electrons. The van der Waals surface area contributed by atoms with Gasteiger partial charge in [-0.3, -0.25) is 9.88 Å². The normalized spacial score (nSPS) is 25.0. The van der Waals surface area contributed by atoms with Crippen LogP contribution in [0.15, 0.2) is 61.2 Å². The number of nitrogens with zero attached hydrogens (tertiary/aromatic N) is 4. The van der Waals surface area contributed by atoms with Crippen LogP contribution in [0.2, 0.25) is 0 Å². The zero-order valence-corrected chi connectivity index (χ0v) is 23.1. The van der Waals surface area contributed by atoms with Gasteiger partial charge in [-0.2, -0.15) is 0 Å². The molecule has 3 aromatic heterocycles. The highest BCUT2D eigenvalue weighted by Crippen LogP contribution is 2.44. The quantitative estimate of drug-likeness (QED) is 0.320. The van der Waals surface area contributed by atoms with Crippen molar-refractivity contribution in [2.75, 3.05) is 44.0 Å². The Morgan fingerprint density at radius 3 is 2.45 bits per heavy atom. The van der Waals surface area contributed by atoms with Gasteiger partial charge in [-0.25, -0.2) is 9.97 Å². The average Bonchev–Trinajstić information content (AvgIpc) is 3.41. The Balaban J connectivity index is 1.20. The van der Waals surface area contributed by atoms with Crippen LogP contribution in [0.3, 0.4) is 0 Å². The molecule has 40 heavy (non-hydrogen) atoms. The van der Waals surface area contributed by atoms with Crippen molar-refractivity contribution in [1.29, 1.82) is 0 Å². The van der Waals surface area contributed by atoms with Crippen molar-refractivity contribution in [2.24, 2.45) is 0 Å². The van der Waals surface area contributed by atoms with Crippen LogP contribution in [-0.2, 0) is 16.6 Å². The monoisotopic (exact) mass is 535 g/mol. The maximum Gasteiger partial charge on any atom is 0.143 e. The zero-order valence-electron chi connectivity index (χ0n) is 23.1. The van der Waals surface area contributed by atoms with Crippen LogP contribution in [0.1, 0.15) is 48.1 Å². The van der Waals surface area contributed by atoms with Crippen LogP contribution >= 0.6 is 0 Å². The number of aromatic amines is 1. The number of H-pyrrole nitrogens is 1. The third-order valence-electron chi connectivity index (χ3n) is 9.20. The number of pyridine rings is 1. The number of ether oxygens (including phenoxy) is 1. The largest absolute Gasteiger partial charge is 0.388 e. The maximum absolute atomic E-state index is 5.57. The van der Waals surface area contributed by atoms with Gasteiger partial charge in [0.1, 0.15) is 17.8 Å². The maximum atomic E-state index is 5.57. The number of aromatic nitrogens is 4. The lowest BCUT2D eigenvalue weighted by molar-refractivity contribution is 0.00791. The molecule has 0 amide bonds. The molecule has 1 unspecified atom stereocenters. The first kappa shape index (κ1) is 25.2. The predicted molar refractivity (Wildman–Crippen MR) is 160 cm³/mol. The lowest BCUT2D eigenvalue weighted by Crippen LogP contribution is -2.46. The summed E-state index contributed by atoms with van der Waals surface area (Å²) in [5.41, 5.74) is 6.53. The molecule has 8 heteroatoms. The third kappa shape index (κ3) is 4.55. The molecule has 1 aromatic carbocycles. The first-order valence-corrected chi connectivity index (χ1v) is 14.6. The molecular weight excluding hydrogens is 498 g/mol. The Morgan fingerprint density at radius 2 is 1.70 bits per heavy atom. The van der Waals surface area contributed by atoms with Crippen LogP contribution < -0.4 is 10.6 Å². The van der Waals surface area contributed by atoms with Crippen LogP contribution in [0.25, 0.3) is 17.1 Å². The number of morpholine rings is 1. The van der Waals surface area contributed by atoms with E-state index in [0.29, 0.717) is 12.1 Å². The fourth-order valence-electron chi connectivity index (χ4n) is 6.97. The van der Waals surface area contributed by atoms with Gasteiger partial charge in [0.2, 0.25) is 0 Å². The highest BCUT2D eigenvalue weighted by Gasteiger charge is 2.37. The molecule has 3 N–H and O–H groups in total. The van der Waals surface area contributed by atoms with Crippen LogP contribution in [0.4, 0.5) is 11.5 Å². The van der Waals surface area contributed by atoms with Gasteiger partial charge in [0.15, 0.2) is 0 Å². The number of fused-ring (bicyclic) bond motifs is 3. The Bertz CT molecular complexity index is 1490. The second kappa shape index (κ2) is 10.7. The molecule has 1 aliphatic heterocycles. The van der Waals surface area contributed by atoms with E-state index in [1.54, 1.807) is 6.33 Å². The van der Waals surface area contributed by atoms with Gasteiger partial charge in [0.05, 0.1) is 18.6 Å². The summed E-state index contributed by atoms with van der Waals surface area (Å²) in [6.07, 6.45) is 15.6. The molecule has 2 aliphatic carbocycles. The Kier molecular flexibility index (Phi) is 6.73. The van der Waals surface area contributed by atoms with E-state index < -0.39 is 0 Å². The number of benzene rings is 1. The first-order valence-electron chi connectivity index (χ1n) is 14.6. The van der Waals surface area contributed by atoms with E-state index in [1.807, 2.05) is 19.4 Å². The third-order valence-corrected chi connectivity index (χ3v) is 9.20. The van der Waals surface area contributed by atoms with E-state index in [1.165, 1.54) is 29.5 Å². The molecule has 4 aromatic rings. The van der Waals surface area contributed by atoms with Crippen LogP contribution in [0, 0.1) is 0 Å². The summed E-state index contributed by atoms with van der Waals surface area (Å²) in [6.45, 7) is 3.86. The molecule has 8 nitrogen and oxygen atoms in total. The van der Waals surface area contributed by atoms with Crippen molar-refractivity contribution in [3.63, 3.8) is 0 Å². The number of nitrogens with one attached hydrogen (secondary N) is 3. The van der Waals surface area contributed by atoms with E-state index in [2.05, 4.69) is 79.0 Å². The Morgan fingerprint density at radius 1 is 0.950 bits per heavy atom. The molecule has 2 fully saturated rings. The molecule has 1 saturated carbocycles. The average molecular weight is 536 g/mol. The Hall–Kier alpha value is -3.75. The number of rotatable bonds is 6. The summed E-state index contributed by atoms with van der Waals surface area (Å²) < 4.78 is 5.57. The van der Waals surface area contributed by atoms with E-state index in [0.717, 1.165) is 73.8 Å². The minimum absolute atomic E-state index is 0.319. The van der Waals surface area contributed by atoms with Gasteiger partial charge in [0, 0.05) is 61.4 Å². The topological polar surface area (TPSA) is 91.0 Å². The second-order valence-electron chi connectivity index (χ2n) is 11.3. The van der Waals surface area contributed by atoms with E-state index in [9.17, 15) is 0 Å². The highest BCUT2D eigenvalue weighted by molar-refractivity contribution is 5.94. The summed E-state index contributed by atoms with van der Waals surface area (Å²) in [4.78, 5) is 20.0. The van der Waals surface area contributed by atoms with Crippen LogP contribution in [0.5, 0.6) is 0 Å². The Labute approximate surface area is 235 Å². The predicted octanol–water partition coefficient (Wildman–Crippen LogP) is 5.01. The van der Waals surface area contributed by atoms with Crippen molar-refractivity contribution >= 4 is 28.6 Å². The lowest BCUT2D eigenvalue weighted by Gasteiger charge is -2.39. The molecule has 1 atom stereocenters. The van der Waals surface area contributed by atoms with Crippen molar-refractivity contribution in [3.05, 3.63) is 83.6 Å². The standard InChI is InChI=1S/C32H37N7O/c1-33-24-4-2-22(3-5-24)32(23-11-14-34-15-12-23)13-10-28-27(20-32)29-30(35-21-36-31(29)38-28)37-25-6-8-26(9-7-25)39-16-18-40-19-17-39/h2-5,10-15,21,25-26,33H,6-9,16-20H2,1H3,(H2,35,36,37,38)/t25-,26-,32?. The molecule has 0 bridgehead atoms. The highest BCUT2D eigenvalue weighted by atomic mass is 16.5. The SMILES string of the molecule is CNc1ccc(C2(c3ccncc3)C=Cc3[nH]c4ncnc(N[C@H]5CC[C@H](N6CCOCC6)CC5)c4c3C2)cc1. The minimum Gasteiger partial charge on any atom is -0.388 e. The number of allylic oxidation sites excluding steroid dienone is 1. The summed E-state index contributed by atoms with van der Waals surface area (Å²) in [5, 5.41) is 8.21. The van der Waals surface area contributed by atoms with Gasteiger partial charge >= 0.3 is 0 Å². The molecular formula is C32H37N7O. The van der Waals surface area contributed by atoms with Gasteiger partial charge in [0.25, 0.3) is 0 Å². The molecule has 1 saturated heterocycles. The second-order valence-corrected chi connectivity index (χ2v) is 11.3. The number of hydrogen-bond donors (Lipinski definition) is 3. The van der Waals surface area contributed by atoms with E-state index in [-0.39, 0.29) is 5.41 Å². The van der Waals surface area contributed by atoms with Gasteiger partial charge in [-0.15, -0.1) is 0 Å². The molecule has 4 heterocycles. The van der Waals surface area contributed by atoms with Gasteiger partial charge in [-0.1, -0.05) is 18.2 Å². The molecule has 3 aliphatic rings. The minimum atomic E-state index is -0.319. The summed E-state index contributed by atoms with van der Waals surface area (Å²) in [7, 11) is 1.95. The molecule has 7 rings (SSSR count). The summed E-state index contributed by atoms with van der Waals surface area (Å²) in [5.74, 6) is 0.946. The fraction of sp³-hybridized carbons (Fsp3) is 0.406. The van der Waals surface area contributed by atoms with Gasteiger partial charge < -0.3 is 20.4 Å². The van der Waals surface area contributed by atoms with E-state index >= 15 is 0 Å². The van der Waals surface area contributed by atoms with E-state index in [4.69, 9.17) is 9.72 Å². The first-order chi connectivity index (χ1) is 19.7. The lowest BCUT2D eigenvalue weighted by atomic mass is 9.68. The van der Waals surface area contributed by atoms with Crippen molar-refractivity contribution in [3.8, 4) is 0 Å². The number of hydrogen-bond acceptors (Lipinski definition) is 7. The smallest absolute Gasteiger partial charge is 0.143 e. The van der Waals surface area contributed by atoms with Crippen molar-refractivity contribution in [2.45, 2.75) is 49.6 Å². The number of anilines is 2. The zero-order chi connectivity index (χ0) is 26.9.